The van der Waals surface area contributed by atoms with Crippen LogP contribution in [0.2, 0.25) is 0 Å². The molecule has 3 aromatic rings. The van der Waals surface area contributed by atoms with Gasteiger partial charge in [-0.15, -0.1) is 11.3 Å². The van der Waals surface area contributed by atoms with E-state index in [0.29, 0.717) is 18.1 Å². The molecule has 1 unspecified atom stereocenters. The van der Waals surface area contributed by atoms with E-state index in [9.17, 15) is 14.7 Å². The standard InChI is InChI=1S/C26H26N2O4S/c1-16(2)15-32-21-7-6-19(13-17(21)3)24(29)22-23(18-8-10-27-11-9-18)28(26(31)25(22)30)14-20-5-4-12-33-20/h4-13,16,23,29H,14-15H2,1-3H3/b24-22-. The van der Waals surface area contributed by atoms with E-state index in [2.05, 4.69) is 18.8 Å². The molecule has 0 aliphatic carbocycles. The number of aliphatic hydroxyl groups excluding tert-OH is 1. The highest BCUT2D eigenvalue weighted by molar-refractivity contribution is 7.09. The molecule has 1 amide bonds. The number of likely N-dealkylation sites (tertiary alicyclic amines) is 1. The van der Waals surface area contributed by atoms with E-state index in [4.69, 9.17) is 4.74 Å². The number of benzene rings is 1. The maximum Gasteiger partial charge on any atom is 0.295 e. The van der Waals surface area contributed by atoms with Crippen molar-refractivity contribution in [2.24, 2.45) is 5.92 Å². The number of Topliss-reactive ketones (excluding diaryl/α,β-unsaturated/α-hetero) is 1. The van der Waals surface area contributed by atoms with Gasteiger partial charge in [-0.2, -0.15) is 0 Å². The molecule has 3 heterocycles. The smallest absolute Gasteiger partial charge is 0.295 e. The molecule has 7 heteroatoms. The molecule has 0 bridgehead atoms. The van der Waals surface area contributed by atoms with Crippen molar-refractivity contribution in [3.8, 4) is 5.75 Å². The Bertz CT molecular complexity index is 1190. The molecule has 1 aromatic carbocycles. The van der Waals surface area contributed by atoms with Crippen LogP contribution in [-0.4, -0.2) is 33.3 Å². The summed E-state index contributed by atoms with van der Waals surface area (Å²) in [4.78, 5) is 32.7. The van der Waals surface area contributed by atoms with Gasteiger partial charge in [0.2, 0.25) is 0 Å². The number of carbonyl (C=O) groups is 2. The lowest BCUT2D eigenvalue weighted by Crippen LogP contribution is -2.28. The number of carbonyl (C=O) groups excluding carboxylic acids is 2. The van der Waals surface area contributed by atoms with Crippen molar-refractivity contribution in [2.75, 3.05) is 6.61 Å². The number of rotatable bonds is 7. The van der Waals surface area contributed by atoms with E-state index < -0.39 is 17.7 Å². The van der Waals surface area contributed by atoms with Crippen LogP contribution < -0.4 is 4.74 Å². The second kappa shape index (κ2) is 9.58. The molecule has 0 radical (unpaired) electrons. The van der Waals surface area contributed by atoms with Crippen molar-refractivity contribution in [2.45, 2.75) is 33.4 Å². The number of ether oxygens (including phenoxy) is 1. The Morgan fingerprint density at radius 1 is 1.18 bits per heavy atom. The summed E-state index contributed by atoms with van der Waals surface area (Å²) in [6.07, 6.45) is 3.23. The van der Waals surface area contributed by atoms with Crippen LogP contribution in [0.4, 0.5) is 0 Å². The number of hydrogen-bond acceptors (Lipinski definition) is 6. The van der Waals surface area contributed by atoms with Gasteiger partial charge in [-0.3, -0.25) is 14.6 Å². The van der Waals surface area contributed by atoms with Crippen molar-refractivity contribution in [1.29, 1.82) is 0 Å². The Balaban J connectivity index is 1.77. The summed E-state index contributed by atoms with van der Waals surface area (Å²) in [6.45, 7) is 6.91. The number of pyridine rings is 1. The normalized spacial score (nSPS) is 17.7. The second-order valence-electron chi connectivity index (χ2n) is 8.47. The first-order valence-electron chi connectivity index (χ1n) is 10.8. The lowest BCUT2D eigenvalue weighted by Gasteiger charge is -2.24. The van der Waals surface area contributed by atoms with Gasteiger partial charge in [0, 0.05) is 22.8 Å². The molecule has 1 aliphatic heterocycles. The van der Waals surface area contributed by atoms with Gasteiger partial charge in [0.1, 0.15) is 11.5 Å². The molecule has 4 rings (SSSR count). The minimum absolute atomic E-state index is 0.0815. The molecule has 1 saturated heterocycles. The zero-order valence-electron chi connectivity index (χ0n) is 18.8. The highest BCUT2D eigenvalue weighted by atomic mass is 32.1. The highest BCUT2D eigenvalue weighted by Gasteiger charge is 2.46. The summed E-state index contributed by atoms with van der Waals surface area (Å²) in [6, 6.07) is 11.9. The van der Waals surface area contributed by atoms with E-state index in [1.807, 2.05) is 24.4 Å². The number of hydrogen-bond donors (Lipinski definition) is 1. The average molecular weight is 463 g/mol. The average Bonchev–Trinajstić information content (AvgIpc) is 3.40. The number of aliphatic hydroxyl groups is 1. The van der Waals surface area contributed by atoms with E-state index >= 15 is 0 Å². The quantitative estimate of drug-likeness (QED) is 0.300. The fraction of sp³-hybridized carbons (Fsp3) is 0.269. The maximum atomic E-state index is 13.1. The molecular formula is C26H26N2O4S. The van der Waals surface area contributed by atoms with Crippen LogP contribution in [-0.2, 0) is 16.1 Å². The first kappa shape index (κ1) is 22.7. The molecule has 2 aromatic heterocycles. The zero-order chi connectivity index (χ0) is 23.5. The Kier molecular flexibility index (Phi) is 6.60. The van der Waals surface area contributed by atoms with Gasteiger partial charge in [-0.1, -0.05) is 19.9 Å². The van der Waals surface area contributed by atoms with Crippen LogP contribution in [0.1, 0.15) is 41.5 Å². The molecule has 1 atom stereocenters. The van der Waals surface area contributed by atoms with Crippen LogP contribution in [0.5, 0.6) is 5.75 Å². The third-order valence-corrected chi connectivity index (χ3v) is 6.35. The number of aryl methyl sites for hydroxylation is 1. The minimum Gasteiger partial charge on any atom is -0.507 e. The first-order chi connectivity index (χ1) is 15.9. The predicted molar refractivity (Wildman–Crippen MR) is 128 cm³/mol. The van der Waals surface area contributed by atoms with Gasteiger partial charge in [0.05, 0.1) is 24.8 Å². The van der Waals surface area contributed by atoms with Crippen molar-refractivity contribution < 1.29 is 19.4 Å². The van der Waals surface area contributed by atoms with Crippen LogP contribution in [0, 0.1) is 12.8 Å². The van der Waals surface area contributed by atoms with E-state index in [1.54, 1.807) is 42.7 Å². The monoisotopic (exact) mass is 462 g/mol. The Labute approximate surface area is 197 Å². The molecule has 1 fully saturated rings. The van der Waals surface area contributed by atoms with Crippen LogP contribution >= 0.6 is 11.3 Å². The SMILES string of the molecule is Cc1cc(/C(O)=C2/C(=O)C(=O)N(Cc3cccs3)C2c2ccncc2)ccc1OCC(C)C. The number of ketones is 1. The molecule has 0 spiro atoms. The van der Waals surface area contributed by atoms with Gasteiger partial charge >= 0.3 is 0 Å². The fourth-order valence-electron chi connectivity index (χ4n) is 3.88. The number of aromatic nitrogens is 1. The summed E-state index contributed by atoms with van der Waals surface area (Å²) >= 11 is 1.52. The van der Waals surface area contributed by atoms with Gasteiger partial charge in [0.15, 0.2) is 0 Å². The second-order valence-corrected chi connectivity index (χ2v) is 9.50. The van der Waals surface area contributed by atoms with Crippen LogP contribution in [0.25, 0.3) is 5.76 Å². The minimum atomic E-state index is -0.702. The third kappa shape index (κ3) is 4.68. The number of amides is 1. The summed E-state index contributed by atoms with van der Waals surface area (Å²) in [5, 5.41) is 13.2. The molecule has 0 saturated carbocycles. The zero-order valence-corrected chi connectivity index (χ0v) is 19.6. The molecule has 1 aliphatic rings. The summed E-state index contributed by atoms with van der Waals surface area (Å²) in [5.74, 6) is -0.396. The van der Waals surface area contributed by atoms with Crippen LogP contribution in [0.3, 0.4) is 0 Å². The third-order valence-electron chi connectivity index (χ3n) is 5.49. The Morgan fingerprint density at radius 3 is 2.58 bits per heavy atom. The van der Waals surface area contributed by atoms with Crippen LogP contribution in [0.15, 0.2) is 65.8 Å². The molecule has 170 valence electrons. The fourth-order valence-corrected chi connectivity index (χ4v) is 4.58. The van der Waals surface area contributed by atoms with E-state index in [1.165, 1.54) is 16.2 Å². The molecule has 1 N–H and O–H groups in total. The topological polar surface area (TPSA) is 79.7 Å². The van der Waals surface area contributed by atoms with Crippen molar-refractivity contribution in [3.63, 3.8) is 0 Å². The van der Waals surface area contributed by atoms with Crippen molar-refractivity contribution >= 4 is 28.8 Å². The lowest BCUT2D eigenvalue weighted by molar-refractivity contribution is -0.140. The number of nitrogens with zero attached hydrogens (tertiary/aromatic N) is 2. The molecular weight excluding hydrogens is 436 g/mol. The first-order valence-corrected chi connectivity index (χ1v) is 11.7. The summed E-state index contributed by atoms with van der Waals surface area (Å²) in [7, 11) is 0. The summed E-state index contributed by atoms with van der Waals surface area (Å²) in [5.41, 5.74) is 2.11. The molecule has 6 nitrogen and oxygen atoms in total. The maximum absolute atomic E-state index is 13.1. The van der Waals surface area contributed by atoms with Gasteiger partial charge in [-0.25, -0.2) is 0 Å². The van der Waals surface area contributed by atoms with Gasteiger partial charge in [-0.05, 0) is 65.7 Å². The van der Waals surface area contributed by atoms with Gasteiger partial charge in [0.25, 0.3) is 11.7 Å². The van der Waals surface area contributed by atoms with Gasteiger partial charge < -0.3 is 14.7 Å². The molecule has 33 heavy (non-hydrogen) atoms. The predicted octanol–water partition coefficient (Wildman–Crippen LogP) is 5.11. The van der Waals surface area contributed by atoms with Crippen molar-refractivity contribution in [3.05, 3.63) is 87.4 Å². The summed E-state index contributed by atoms with van der Waals surface area (Å²) < 4.78 is 5.83. The number of thiophene rings is 1. The highest BCUT2D eigenvalue weighted by Crippen LogP contribution is 2.40. The largest absolute Gasteiger partial charge is 0.507 e. The van der Waals surface area contributed by atoms with E-state index in [-0.39, 0.29) is 17.9 Å². The van der Waals surface area contributed by atoms with E-state index in [0.717, 1.165) is 21.8 Å². The van der Waals surface area contributed by atoms with Crippen molar-refractivity contribution in [1.82, 2.24) is 9.88 Å². The Hall–Kier alpha value is -3.45. The lowest BCUT2D eigenvalue weighted by atomic mass is 9.95. The Morgan fingerprint density at radius 2 is 1.94 bits per heavy atom.